The summed E-state index contributed by atoms with van der Waals surface area (Å²) in [6.07, 6.45) is -1.13. The number of hydrogen-bond acceptors (Lipinski definition) is 2. The van der Waals surface area contributed by atoms with Gasteiger partial charge in [0.05, 0.1) is 11.0 Å². The van der Waals surface area contributed by atoms with Gasteiger partial charge in [0.25, 0.3) is 0 Å². The van der Waals surface area contributed by atoms with Crippen molar-refractivity contribution in [1.29, 1.82) is 0 Å². The van der Waals surface area contributed by atoms with Gasteiger partial charge < -0.3 is 14.4 Å². The third kappa shape index (κ3) is 7.11. The first-order valence-corrected chi connectivity index (χ1v) is 16.4. The Balaban J connectivity index is 0.000000219. The van der Waals surface area contributed by atoms with Crippen LogP contribution in [0.5, 0.6) is 0 Å². The minimum Gasteiger partial charge on any atom is -0.327 e. The molecule has 0 bridgehead atoms. The summed E-state index contributed by atoms with van der Waals surface area (Å²) in [5.74, 6) is 0. The number of benzene rings is 4. The van der Waals surface area contributed by atoms with Crippen molar-refractivity contribution in [2.24, 2.45) is 10.8 Å². The maximum absolute atomic E-state index is 8.83. The molecule has 0 saturated carbocycles. The number of hydrogen-bond donors (Lipinski definition) is 0. The van der Waals surface area contributed by atoms with E-state index in [2.05, 4.69) is 56.8 Å². The van der Waals surface area contributed by atoms with Crippen molar-refractivity contribution in [2.75, 3.05) is 0 Å². The summed E-state index contributed by atoms with van der Waals surface area (Å²) in [6.45, 7) is 5.70. The van der Waals surface area contributed by atoms with Crippen LogP contribution in [0.2, 0.25) is 0 Å². The molecule has 0 amide bonds. The first kappa shape index (κ1) is 24.7. The molecule has 4 aromatic carbocycles. The van der Waals surface area contributed by atoms with Crippen LogP contribution in [0.1, 0.15) is 77.5 Å². The molecule has 0 saturated heterocycles. The van der Waals surface area contributed by atoms with E-state index in [-0.39, 0.29) is 42.4 Å². The number of nitrogens with zero attached hydrogens (tertiary/aromatic N) is 3. The fourth-order valence-electron chi connectivity index (χ4n) is 6.29. The fraction of sp³-hybridized carbons (Fsp3) is 0.261. The maximum Gasteiger partial charge on any atom is 0.0523 e. The summed E-state index contributed by atoms with van der Waals surface area (Å²) in [6, 6.07) is 35.4. The Morgan fingerprint density at radius 1 is 0.640 bits per heavy atom. The zero-order valence-corrected chi connectivity index (χ0v) is 31.4. The van der Waals surface area contributed by atoms with Gasteiger partial charge in [-0.15, -0.1) is 59.7 Å². The van der Waals surface area contributed by atoms with Crippen LogP contribution in [0.4, 0.5) is 0 Å². The molecule has 0 aliphatic carbocycles. The quantitative estimate of drug-likeness (QED) is 0.165. The van der Waals surface area contributed by atoms with Crippen molar-refractivity contribution >= 4 is 38.1 Å². The van der Waals surface area contributed by atoms with Crippen LogP contribution in [0.15, 0.2) is 103 Å². The zero-order valence-electron chi connectivity index (χ0n) is 39.0. The minimum atomic E-state index is -2.47. The van der Waals surface area contributed by atoms with Gasteiger partial charge in [-0.1, -0.05) is 107 Å². The molecule has 4 heteroatoms. The summed E-state index contributed by atoms with van der Waals surface area (Å²) in [7, 11) is 0. The van der Waals surface area contributed by atoms with Crippen LogP contribution in [-0.2, 0) is 32.9 Å². The van der Waals surface area contributed by atoms with E-state index >= 15 is 0 Å². The smallest absolute Gasteiger partial charge is 0.0523 e. The van der Waals surface area contributed by atoms with Crippen molar-refractivity contribution in [2.45, 2.75) is 68.0 Å². The number of aromatic nitrogens is 3. The molecular formula is C46H45IrN3-2. The largest absolute Gasteiger partial charge is 0.327 e. The molecule has 1 radical (unpaired) electrons. The Morgan fingerprint density at radius 3 is 1.82 bits per heavy atom. The average molecular weight is 842 g/mol. The van der Waals surface area contributed by atoms with Crippen LogP contribution in [-0.4, -0.2) is 14.4 Å². The molecule has 0 aliphatic rings. The topological polar surface area (TPSA) is 30.2 Å². The first-order chi connectivity index (χ1) is 27.3. The summed E-state index contributed by atoms with van der Waals surface area (Å²) >= 11 is 0. The molecule has 0 unspecified atom stereocenters. The number of aryl methyl sites for hydroxylation is 2. The van der Waals surface area contributed by atoms with Crippen molar-refractivity contribution in [3.63, 3.8) is 0 Å². The van der Waals surface area contributed by atoms with Crippen LogP contribution < -0.4 is 0 Å². The van der Waals surface area contributed by atoms with Gasteiger partial charge >= 0.3 is 0 Å². The Kier molecular flexibility index (Phi) is 6.79. The predicted molar refractivity (Wildman–Crippen MR) is 207 cm³/mol. The zero-order chi connectivity index (χ0) is 43.1. The predicted octanol–water partition coefficient (Wildman–Crippen LogP) is 12.0. The van der Waals surface area contributed by atoms with Crippen LogP contribution in [0.25, 0.3) is 60.6 Å². The van der Waals surface area contributed by atoms with Crippen LogP contribution in [0, 0.1) is 36.7 Å². The van der Waals surface area contributed by atoms with E-state index in [1.54, 1.807) is 59.7 Å². The Hall–Kier alpha value is -4.37. The summed E-state index contributed by atoms with van der Waals surface area (Å²) < 4.78 is 83.9. The fourth-order valence-corrected chi connectivity index (χ4v) is 6.29. The van der Waals surface area contributed by atoms with Gasteiger partial charge in [-0.05, 0) is 76.8 Å². The molecule has 8 aromatic rings. The molecule has 0 atom stereocenters. The summed E-state index contributed by atoms with van der Waals surface area (Å²) in [5.41, 5.74) is 4.33. The number of pyridine rings is 2. The number of para-hydroxylation sites is 2. The number of fused-ring (bicyclic) bond motifs is 6. The van der Waals surface area contributed by atoms with E-state index in [1.807, 2.05) is 42.5 Å². The van der Waals surface area contributed by atoms with Crippen molar-refractivity contribution in [1.82, 2.24) is 14.4 Å². The van der Waals surface area contributed by atoms with Gasteiger partial charge in [0, 0.05) is 57.0 Å². The average Bonchev–Trinajstić information content (AvgIpc) is 3.69. The van der Waals surface area contributed by atoms with E-state index in [9.17, 15) is 0 Å². The summed E-state index contributed by atoms with van der Waals surface area (Å²) in [5, 5.41) is 4.61. The molecule has 0 N–H and O–H groups in total. The normalized spacial score (nSPS) is 16.0. The van der Waals surface area contributed by atoms with Gasteiger partial charge in [0.2, 0.25) is 0 Å². The van der Waals surface area contributed by atoms with E-state index in [1.165, 1.54) is 23.2 Å². The van der Waals surface area contributed by atoms with Crippen molar-refractivity contribution in [3.8, 4) is 22.5 Å². The molecule has 0 aliphatic heterocycles. The van der Waals surface area contributed by atoms with Gasteiger partial charge in [0.15, 0.2) is 0 Å². The standard InChI is InChI=1S/C29H25N2.C17H20N.Ir/c1-18-17-30-25(14-20(18)16-29(2,3)4)19-12-13-22-24-10-7-9-23-21-8-5-6-11-26(21)31(28(23)24)27(22)15-19;1-13-12-18-16(14-8-6-5-7-9-14)10-15(13)11-17(2,3)4;/h5-11,13-15,17H,16H2,1-4H3;5-8,10,12H,11H2,1-4H3;/q2*-1;/i1D3,16D2;1D3,11D2;. The molecule has 4 aromatic heterocycles. The Labute approximate surface area is 324 Å². The minimum absolute atomic E-state index is 0. The third-order valence-electron chi connectivity index (χ3n) is 8.24. The van der Waals surface area contributed by atoms with E-state index in [0.717, 1.165) is 27.3 Å². The van der Waals surface area contributed by atoms with Gasteiger partial charge in [-0.25, -0.2) is 0 Å². The number of rotatable bonds is 4. The van der Waals surface area contributed by atoms with Crippen molar-refractivity contribution in [3.05, 3.63) is 138 Å². The van der Waals surface area contributed by atoms with Crippen LogP contribution >= 0.6 is 0 Å². The molecule has 0 fully saturated rings. The monoisotopic (exact) mass is 842 g/mol. The molecular weight excluding hydrogens is 787 g/mol. The van der Waals surface area contributed by atoms with E-state index in [0.29, 0.717) is 22.5 Å². The molecule has 3 nitrogen and oxygen atoms in total. The Bertz CT molecular complexity index is 2830. The van der Waals surface area contributed by atoms with E-state index in [4.69, 9.17) is 13.7 Å². The molecule has 255 valence electrons. The molecule has 50 heavy (non-hydrogen) atoms. The van der Waals surface area contributed by atoms with Gasteiger partial charge in [-0.2, -0.15) is 0 Å². The third-order valence-corrected chi connectivity index (χ3v) is 8.24. The molecule has 8 rings (SSSR count). The van der Waals surface area contributed by atoms with Crippen LogP contribution in [0.3, 0.4) is 0 Å². The second-order valence-electron chi connectivity index (χ2n) is 14.5. The van der Waals surface area contributed by atoms with Gasteiger partial charge in [-0.3, -0.25) is 0 Å². The first-order valence-electron chi connectivity index (χ1n) is 21.4. The second-order valence-corrected chi connectivity index (χ2v) is 14.5. The van der Waals surface area contributed by atoms with Crippen molar-refractivity contribution < 1.29 is 33.8 Å². The second kappa shape index (κ2) is 13.7. The van der Waals surface area contributed by atoms with Gasteiger partial charge in [0.1, 0.15) is 0 Å². The molecule has 0 spiro atoms. The SMILES string of the molecule is [2H]C([2H])([2H])c1cnc(-c2[c-]cc3c4cccc5c6ccccc6n(c3c2)c54)cc1C([2H])([2H])C(C)(C)C.[2H]C([2H])([2H])c1cnc(-c2[c-]cccc2)cc1C([2H])([2H])C(C)(C)C.[Ir]. The Morgan fingerprint density at radius 2 is 1.22 bits per heavy atom. The molecule has 4 heterocycles. The summed E-state index contributed by atoms with van der Waals surface area (Å²) in [4.78, 5) is 8.69. The van der Waals surface area contributed by atoms with E-state index < -0.39 is 37.3 Å². The maximum atomic E-state index is 8.83.